The van der Waals surface area contributed by atoms with Gasteiger partial charge in [-0.2, -0.15) is 5.10 Å². The lowest BCUT2D eigenvalue weighted by Crippen LogP contribution is -2.48. The summed E-state index contributed by atoms with van der Waals surface area (Å²) >= 11 is 0. The van der Waals surface area contributed by atoms with Crippen LogP contribution in [0.4, 0.5) is 0 Å². The zero-order valence-electron chi connectivity index (χ0n) is 13.1. The summed E-state index contributed by atoms with van der Waals surface area (Å²) in [6.45, 7) is 0. The first-order valence-electron chi connectivity index (χ1n) is 7.28. The highest BCUT2D eigenvalue weighted by atomic mass is 16.4. The topological polar surface area (TPSA) is 90.3 Å². The fraction of sp³-hybridized carbons (Fsp3) is 0.375. The van der Waals surface area contributed by atoms with Gasteiger partial charge in [0.15, 0.2) is 0 Å². The molecule has 2 amide bonds. The molecule has 1 N–H and O–H groups in total. The maximum Gasteiger partial charge on any atom is 0.326 e. The lowest BCUT2D eigenvalue weighted by atomic mass is 10.0. The molecule has 1 heterocycles. The van der Waals surface area contributed by atoms with Crippen LogP contribution in [0.1, 0.15) is 18.4 Å². The van der Waals surface area contributed by atoms with Crippen LogP contribution in [0.25, 0.3) is 0 Å². The number of likely N-dealkylation sites (N-methyl/N-ethyl adjacent to an activating group) is 1. The quantitative estimate of drug-likeness (QED) is 0.867. The summed E-state index contributed by atoms with van der Waals surface area (Å²) in [4.78, 5) is 36.6. The fourth-order valence-corrected chi connectivity index (χ4v) is 2.40. The zero-order valence-corrected chi connectivity index (χ0v) is 13.1. The van der Waals surface area contributed by atoms with Gasteiger partial charge in [-0.25, -0.2) is 9.80 Å². The van der Waals surface area contributed by atoms with Gasteiger partial charge in [0.05, 0.1) is 0 Å². The molecule has 7 nitrogen and oxygen atoms in total. The molecule has 1 aliphatic rings. The van der Waals surface area contributed by atoms with E-state index in [2.05, 4.69) is 5.10 Å². The minimum absolute atomic E-state index is 0.164. The molecule has 0 bridgehead atoms. The summed E-state index contributed by atoms with van der Waals surface area (Å²) < 4.78 is 0. The van der Waals surface area contributed by atoms with Crippen LogP contribution in [0.15, 0.2) is 35.4 Å². The van der Waals surface area contributed by atoms with Crippen LogP contribution >= 0.6 is 0 Å². The minimum atomic E-state index is -1.08. The number of carboxylic acids is 1. The number of hydrazone groups is 1. The van der Waals surface area contributed by atoms with Gasteiger partial charge in [0.25, 0.3) is 5.91 Å². The van der Waals surface area contributed by atoms with Gasteiger partial charge >= 0.3 is 5.97 Å². The van der Waals surface area contributed by atoms with E-state index in [0.29, 0.717) is 0 Å². The molecule has 0 saturated carbocycles. The molecule has 1 aliphatic heterocycles. The molecule has 23 heavy (non-hydrogen) atoms. The second kappa shape index (κ2) is 7.04. The first-order valence-corrected chi connectivity index (χ1v) is 7.28. The number of nitrogens with zero attached hydrogens (tertiary/aromatic N) is 3. The molecule has 1 unspecified atom stereocenters. The number of hydrogen-bond donors (Lipinski definition) is 1. The lowest BCUT2D eigenvalue weighted by molar-refractivity contribution is -0.147. The van der Waals surface area contributed by atoms with E-state index in [9.17, 15) is 19.5 Å². The zero-order chi connectivity index (χ0) is 17.0. The highest BCUT2D eigenvalue weighted by molar-refractivity contribution is 6.39. The summed E-state index contributed by atoms with van der Waals surface area (Å²) in [5, 5.41) is 14.5. The summed E-state index contributed by atoms with van der Waals surface area (Å²) in [5.41, 5.74) is 1.03. The van der Waals surface area contributed by atoms with Crippen molar-refractivity contribution in [3.05, 3.63) is 35.9 Å². The Kier molecular flexibility index (Phi) is 5.10. The number of benzene rings is 1. The van der Waals surface area contributed by atoms with Crippen molar-refractivity contribution in [1.29, 1.82) is 0 Å². The molecule has 122 valence electrons. The molecular formula is C16H19N3O4. The highest BCUT2D eigenvalue weighted by Crippen LogP contribution is 2.13. The van der Waals surface area contributed by atoms with Gasteiger partial charge in [0, 0.05) is 33.4 Å². The van der Waals surface area contributed by atoms with Gasteiger partial charge in [-0.15, -0.1) is 0 Å². The second-order valence-corrected chi connectivity index (χ2v) is 5.42. The molecule has 1 aromatic carbocycles. The van der Waals surface area contributed by atoms with Crippen LogP contribution in [0.3, 0.4) is 0 Å². The van der Waals surface area contributed by atoms with Crippen LogP contribution in [0.5, 0.6) is 0 Å². The Bertz CT molecular complexity index is 642. The Hall–Kier alpha value is -2.70. The molecule has 0 radical (unpaired) electrons. The van der Waals surface area contributed by atoms with Crippen LogP contribution in [-0.2, 0) is 20.8 Å². The van der Waals surface area contributed by atoms with Crippen LogP contribution < -0.4 is 0 Å². The second-order valence-electron chi connectivity index (χ2n) is 5.42. The van der Waals surface area contributed by atoms with E-state index >= 15 is 0 Å². The number of hydrogen-bond acceptors (Lipinski definition) is 4. The standard InChI is InChI=1S/C16H19N3O4/c1-18(15(21)12-8-9-14(20)19(2)17-12)13(16(22)23)10-11-6-4-3-5-7-11/h3-7,13H,8-10H2,1-2H3,(H,22,23). The Morgan fingerprint density at radius 3 is 2.52 bits per heavy atom. The summed E-state index contributed by atoms with van der Waals surface area (Å²) in [5.74, 6) is -1.71. The molecule has 2 rings (SSSR count). The Labute approximate surface area is 134 Å². The third kappa shape index (κ3) is 3.94. The van der Waals surface area contributed by atoms with E-state index in [-0.39, 0.29) is 30.9 Å². The number of amides is 2. The van der Waals surface area contributed by atoms with E-state index < -0.39 is 17.9 Å². The SMILES string of the molecule is CN1N=C(C(=O)N(C)C(Cc2ccccc2)C(=O)O)CCC1=O. The smallest absolute Gasteiger partial charge is 0.326 e. The van der Waals surface area contributed by atoms with Crippen LogP contribution in [0.2, 0.25) is 0 Å². The van der Waals surface area contributed by atoms with Gasteiger partial charge < -0.3 is 10.0 Å². The first kappa shape index (κ1) is 16.7. The Balaban J connectivity index is 2.16. The van der Waals surface area contributed by atoms with Crippen molar-refractivity contribution in [3.8, 4) is 0 Å². The Morgan fingerprint density at radius 2 is 1.96 bits per heavy atom. The van der Waals surface area contributed by atoms with Gasteiger partial charge in [-0.1, -0.05) is 30.3 Å². The van der Waals surface area contributed by atoms with Crippen molar-refractivity contribution in [2.75, 3.05) is 14.1 Å². The molecule has 1 aromatic rings. The van der Waals surface area contributed by atoms with E-state index in [4.69, 9.17) is 0 Å². The van der Waals surface area contributed by atoms with Gasteiger partial charge in [0.2, 0.25) is 5.91 Å². The number of carbonyl (C=O) groups is 3. The summed E-state index contributed by atoms with van der Waals surface area (Å²) in [6, 6.07) is 8.13. The summed E-state index contributed by atoms with van der Waals surface area (Å²) in [7, 11) is 2.93. The van der Waals surface area contributed by atoms with Crippen molar-refractivity contribution in [2.45, 2.75) is 25.3 Å². The number of carbonyl (C=O) groups excluding carboxylic acids is 2. The predicted octanol–water partition coefficient (Wildman–Crippen LogP) is 0.749. The van der Waals surface area contributed by atoms with Gasteiger partial charge in [0.1, 0.15) is 11.8 Å². The largest absolute Gasteiger partial charge is 0.480 e. The monoisotopic (exact) mass is 317 g/mol. The van der Waals surface area contributed by atoms with E-state index in [0.717, 1.165) is 10.6 Å². The van der Waals surface area contributed by atoms with Crippen molar-refractivity contribution in [2.24, 2.45) is 5.10 Å². The van der Waals surface area contributed by atoms with Crippen LogP contribution in [0, 0.1) is 0 Å². The van der Waals surface area contributed by atoms with E-state index in [1.54, 1.807) is 0 Å². The predicted molar refractivity (Wildman–Crippen MR) is 83.8 cm³/mol. The Morgan fingerprint density at radius 1 is 1.30 bits per heavy atom. The van der Waals surface area contributed by atoms with E-state index in [1.807, 2.05) is 30.3 Å². The lowest BCUT2D eigenvalue weighted by Gasteiger charge is -2.27. The van der Waals surface area contributed by atoms with Crippen molar-refractivity contribution < 1.29 is 19.5 Å². The third-order valence-electron chi connectivity index (χ3n) is 3.80. The van der Waals surface area contributed by atoms with Crippen molar-refractivity contribution >= 4 is 23.5 Å². The number of carboxylic acid groups (broad SMARTS) is 1. The third-order valence-corrected chi connectivity index (χ3v) is 3.80. The van der Waals surface area contributed by atoms with Crippen molar-refractivity contribution in [1.82, 2.24) is 9.91 Å². The minimum Gasteiger partial charge on any atom is -0.480 e. The van der Waals surface area contributed by atoms with Crippen LogP contribution in [-0.4, -0.2) is 58.6 Å². The first-order chi connectivity index (χ1) is 10.9. The van der Waals surface area contributed by atoms with Gasteiger partial charge in [-0.05, 0) is 5.56 Å². The van der Waals surface area contributed by atoms with E-state index in [1.165, 1.54) is 19.0 Å². The average Bonchev–Trinajstić information content (AvgIpc) is 2.54. The molecule has 1 atom stereocenters. The molecular weight excluding hydrogens is 298 g/mol. The number of aliphatic carboxylic acids is 1. The fourth-order valence-electron chi connectivity index (χ4n) is 2.40. The highest BCUT2D eigenvalue weighted by Gasteiger charge is 2.31. The molecule has 0 aromatic heterocycles. The molecule has 0 fully saturated rings. The molecule has 0 aliphatic carbocycles. The maximum atomic E-state index is 12.5. The average molecular weight is 317 g/mol. The van der Waals surface area contributed by atoms with Crippen molar-refractivity contribution in [3.63, 3.8) is 0 Å². The summed E-state index contributed by atoms with van der Waals surface area (Å²) in [6.07, 6.45) is 0.635. The van der Waals surface area contributed by atoms with Gasteiger partial charge in [-0.3, -0.25) is 9.59 Å². The molecule has 7 heteroatoms. The number of rotatable bonds is 5. The normalized spacial score (nSPS) is 15.8. The molecule has 0 saturated heterocycles. The maximum absolute atomic E-state index is 12.5. The molecule has 0 spiro atoms.